The molecule has 2 aliphatic heterocycles. The zero-order chi connectivity index (χ0) is 20.8. The molecule has 2 saturated heterocycles. The molecule has 1 aliphatic carbocycles. The lowest BCUT2D eigenvalue weighted by atomic mass is 9.97. The minimum Gasteiger partial charge on any atom is -0.360 e. The summed E-state index contributed by atoms with van der Waals surface area (Å²) in [6.45, 7) is 5.11. The number of aromatic nitrogens is 1. The largest absolute Gasteiger partial charge is 0.360 e. The molecule has 1 unspecified atom stereocenters. The molecule has 3 aliphatic rings. The van der Waals surface area contributed by atoms with Crippen LogP contribution in [0.4, 0.5) is 0 Å². The van der Waals surface area contributed by atoms with Crippen molar-refractivity contribution in [1.82, 2.24) is 19.7 Å². The standard InChI is InChI=1S/C19H28N4O5S/c1-12-18(13(2)28-21-12)29(26,27)23-7-5-14(6-8-23)10-22-11-15(9-17(22)24)19(25)20-16-3-4-16/h14-16H,3-11H2,1-2H3,(H,20,25). The Kier molecular flexibility index (Phi) is 5.41. The Morgan fingerprint density at radius 3 is 2.48 bits per heavy atom. The van der Waals surface area contributed by atoms with Gasteiger partial charge in [-0.2, -0.15) is 4.31 Å². The van der Waals surface area contributed by atoms with Crippen LogP contribution in [0.2, 0.25) is 0 Å². The summed E-state index contributed by atoms with van der Waals surface area (Å²) in [6.07, 6.45) is 3.71. The van der Waals surface area contributed by atoms with Crippen molar-refractivity contribution in [3.63, 3.8) is 0 Å². The van der Waals surface area contributed by atoms with Gasteiger partial charge in [0.05, 0.1) is 5.92 Å². The summed E-state index contributed by atoms with van der Waals surface area (Å²) in [5.41, 5.74) is 0.378. The van der Waals surface area contributed by atoms with Crippen LogP contribution in [0.3, 0.4) is 0 Å². The molecule has 9 nitrogen and oxygen atoms in total. The number of carbonyl (C=O) groups excluding carboxylic acids is 2. The number of hydrogen-bond acceptors (Lipinski definition) is 6. The van der Waals surface area contributed by atoms with E-state index in [4.69, 9.17) is 4.52 Å². The van der Waals surface area contributed by atoms with E-state index >= 15 is 0 Å². The first-order valence-electron chi connectivity index (χ1n) is 10.3. The molecule has 3 heterocycles. The number of carbonyl (C=O) groups is 2. The van der Waals surface area contributed by atoms with Crippen molar-refractivity contribution < 1.29 is 22.5 Å². The second-order valence-corrected chi connectivity index (χ2v) is 10.4. The third kappa shape index (κ3) is 4.18. The third-order valence-corrected chi connectivity index (χ3v) is 8.27. The number of nitrogens with zero attached hydrogens (tertiary/aromatic N) is 3. The SMILES string of the molecule is Cc1noc(C)c1S(=O)(=O)N1CCC(CN2CC(C(=O)NC3CC3)CC2=O)CC1. The molecule has 2 amide bonds. The molecule has 160 valence electrons. The molecule has 1 aromatic rings. The fraction of sp³-hybridized carbons (Fsp3) is 0.737. The Balaban J connectivity index is 1.31. The summed E-state index contributed by atoms with van der Waals surface area (Å²) in [6, 6.07) is 0.302. The highest BCUT2D eigenvalue weighted by Gasteiger charge is 2.39. The Morgan fingerprint density at radius 1 is 1.21 bits per heavy atom. The van der Waals surface area contributed by atoms with Crippen LogP contribution in [0.5, 0.6) is 0 Å². The van der Waals surface area contributed by atoms with Gasteiger partial charge in [-0.1, -0.05) is 5.16 Å². The van der Waals surface area contributed by atoms with Crippen LogP contribution in [-0.2, 0) is 19.6 Å². The molecular weight excluding hydrogens is 396 g/mol. The summed E-state index contributed by atoms with van der Waals surface area (Å²) < 4.78 is 32.3. The zero-order valence-electron chi connectivity index (χ0n) is 16.9. The number of rotatable bonds is 6. The van der Waals surface area contributed by atoms with Crippen molar-refractivity contribution in [2.24, 2.45) is 11.8 Å². The molecule has 3 fully saturated rings. The van der Waals surface area contributed by atoms with Crippen LogP contribution in [0.1, 0.15) is 43.6 Å². The molecule has 1 atom stereocenters. The molecule has 0 aromatic carbocycles. The first-order valence-corrected chi connectivity index (χ1v) is 11.7. The fourth-order valence-corrected chi connectivity index (χ4v) is 6.05. The van der Waals surface area contributed by atoms with E-state index in [0.29, 0.717) is 56.5 Å². The number of nitrogens with one attached hydrogen (secondary N) is 1. The van der Waals surface area contributed by atoms with Crippen LogP contribution in [0.25, 0.3) is 0 Å². The first kappa shape index (κ1) is 20.3. The number of aryl methyl sites for hydroxylation is 2. The summed E-state index contributed by atoms with van der Waals surface area (Å²) in [5, 5.41) is 6.74. The third-order valence-electron chi connectivity index (χ3n) is 6.13. The van der Waals surface area contributed by atoms with Gasteiger partial charge in [-0.05, 0) is 45.4 Å². The van der Waals surface area contributed by atoms with E-state index in [1.54, 1.807) is 18.7 Å². The van der Waals surface area contributed by atoms with Crippen molar-refractivity contribution in [3.8, 4) is 0 Å². The summed E-state index contributed by atoms with van der Waals surface area (Å²) in [5.74, 6) is 0.293. The Morgan fingerprint density at radius 2 is 1.90 bits per heavy atom. The molecule has 29 heavy (non-hydrogen) atoms. The fourth-order valence-electron chi connectivity index (χ4n) is 4.29. The summed E-state index contributed by atoms with van der Waals surface area (Å²) in [4.78, 5) is 26.5. The van der Waals surface area contributed by atoms with E-state index in [-0.39, 0.29) is 35.0 Å². The maximum Gasteiger partial charge on any atom is 0.248 e. The van der Waals surface area contributed by atoms with Gasteiger partial charge in [-0.15, -0.1) is 0 Å². The maximum absolute atomic E-state index is 12.9. The van der Waals surface area contributed by atoms with Gasteiger partial charge < -0.3 is 14.7 Å². The van der Waals surface area contributed by atoms with E-state index in [9.17, 15) is 18.0 Å². The number of sulfonamides is 1. The van der Waals surface area contributed by atoms with E-state index in [1.807, 2.05) is 0 Å². The number of amides is 2. The van der Waals surface area contributed by atoms with Crippen LogP contribution in [-0.4, -0.2) is 66.8 Å². The van der Waals surface area contributed by atoms with Gasteiger partial charge in [-0.3, -0.25) is 9.59 Å². The van der Waals surface area contributed by atoms with E-state index in [2.05, 4.69) is 10.5 Å². The molecule has 1 aromatic heterocycles. The van der Waals surface area contributed by atoms with E-state index < -0.39 is 10.0 Å². The van der Waals surface area contributed by atoms with Gasteiger partial charge >= 0.3 is 0 Å². The Hall–Kier alpha value is -1.94. The van der Waals surface area contributed by atoms with Crippen molar-refractivity contribution >= 4 is 21.8 Å². The molecular formula is C19H28N4O5S. The lowest BCUT2D eigenvalue weighted by Crippen LogP contribution is -2.42. The van der Waals surface area contributed by atoms with Crippen molar-refractivity contribution in [2.75, 3.05) is 26.2 Å². The average molecular weight is 425 g/mol. The smallest absolute Gasteiger partial charge is 0.248 e. The predicted molar refractivity (Wildman–Crippen MR) is 103 cm³/mol. The van der Waals surface area contributed by atoms with Crippen LogP contribution in [0, 0.1) is 25.7 Å². The zero-order valence-corrected chi connectivity index (χ0v) is 17.7. The molecule has 0 bridgehead atoms. The predicted octanol–water partition coefficient (Wildman–Crippen LogP) is 0.819. The lowest BCUT2D eigenvalue weighted by Gasteiger charge is -2.33. The van der Waals surface area contributed by atoms with Gasteiger partial charge in [-0.25, -0.2) is 8.42 Å². The molecule has 4 rings (SSSR count). The van der Waals surface area contributed by atoms with E-state index in [0.717, 1.165) is 12.8 Å². The van der Waals surface area contributed by atoms with Gasteiger partial charge in [0.25, 0.3) is 0 Å². The topological polar surface area (TPSA) is 113 Å². The summed E-state index contributed by atoms with van der Waals surface area (Å²) in [7, 11) is -3.62. The maximum atomic E-state index is 12.9. The van der Waals surface area contributed by atoms with Crippen molar-refractivity contribution in [2.45, 2.75) is 56.9 Å². The van der Waals surface area contributed by atoms with Crippen molar-refractivity contribution in [3.05, 3.63) is 11.5 Å². The van der Waals surface area contributed by atoms with Crippen molar-refractivity contribution in [1.29, 1.82) is 0 Å². The monoisotopic (exact) mass is 424 g/mol. The Bertz CT molecular complexity index is 880. The molecule has 0 spiro atoms. The van der Waals surface area contributed by atoms with E-state index in [1.165, 1.54) is 4.31 Å². The highest BCUT2D eigenvalue weighted by molar-refractivity contribution is 7.89. The number of likely N-dealkylation sites (tertiary alicyclic amines) is 1. The lowest BCUT2D eigenvalue weighted by molar-refractivity contribution is -0.129. The quantitative estimate of drug-likeness (QED) is 0.723. The molecule has 10 heteroatoms. The minimum atomic E-state index is -3.62. The second-order valence-electron chi connectivity index (χ2n) is 8.48. The summed E-state index contributed by atoms with van der Waals surface area (Å²) >= 11 is 0. The molecule has 1 saturated carbocycles. The van der Waals surface area contributed by atoms with Gasteiger partial charge in [0.1, 0.15) is 10.6 Å². The van der Waals surface area contributed by atoms with Gasteiger partial charge in [0.15, 0.2) is 5.76 Å². The normalized spacial score (nSPS) is 24.3. The number of hydrogen-bond donors (Lipinski definition) is 1. The van der Waals surface area contributed by atoms with Gasteiger partial charge in [0, 0.05) is 38.6 Å². The molecule has 1 N–H and O–H groups in total. The highest BCUT2D eigenvalue weighted by atomic mass is 32.2. The number of piperidine rings is 1. The Labute approximate surface area is 170 Å². The minimum absolute atomic E-state index is 0.0104. The molecule has 0 radical (unpaired) electrons. The highest BCUT2D eigenvalue weighted by Crippen LogP contribution is 2.29. The van der Waals surface area contributed by atoms with Crippen LogP contribution < -0.4 is 5.32 Å². The van der Waals surface area contributed by atoms with Crippen LogP contribution >= 0.6 is 0 Å². The first-order chi connectivity index (χ1) is 13.8. The second kappa shape index (κ2) is 7.71. The van der Waals surface area contributed by atoms with Crippen LogP contribution in [0.15, 0.2) is 9.42 Å². The average Bonchev–Trinajstić information content (AvgIpc) is 3.32. The van der Waals surface area contributed by atoms with Gasteiger partial charge in [0.2, 0.25) is 21.8 Å².